The third kappa shape index (κ3) is 1.95. The minimum Gasteiger partial charge on any atom is -0.481 e. The zero-order chi connectivity index (χ0) is 13.4. The van der Waals surface area contributed by atoms with Gasteiger partial charge in [0.25, 0.3) is 0 Å². The van der Waals surface area contributed by atoms with Gasteiger partial charge in [0.05, 0.1) is 17.0 Å². The molecule has 0 spiro atoms. The Morgan fingerprint density at radius 2 is 1.95 bits per heavy atom. The maximum atomic E-state index is 10.8. The molecule has 3 rings (SSSR count). The fourth-order valence-corrected chi connectivity index (χ4v) is 2.19. The molecule has 1 saturated heterocycles. The molecule has 0 bridgehead atoms. The molecule has 0 amide bonds. The van der Waals surface area contributed by atoms with Gasteiger partial charge >= 0.3 is 5.97 Å². The molecule has 0 atom stereocenters. The molecule has 1 aliphatic heterocycles. The molecule has 2 heterocycles. The molecule has 1 aromatic carbocycles. The van der Waals surface area contributed by atoms with Gasteiger partial charge in [-0.25, -0.2) is 9.97 Å². The fourth-order valence-electron chi connectivity index (χ4n) is 2.19. The highest BCUT2D eigenvalue weighted by molar-refractivity contribution is 5.82. The third-order valence-corrected chi connectivity index (χ3v) is 3.32. The summed E-state index contributed by atoms with van der Waals surface area (Å²) in [6.07, 6.45) is 0. The van der Waals surface area contributed by atoms with E-state index in [2.05, 4.69) is 15.3 Å². The topological polar surface area (TPSA) is 78.4 Å². The van der Waals surface area contributed by atoms with E-state index in [1.165, 1.54) is 0 Å². The first-order valence-electron chi connectivity index (χ1n) is 6.11. The second kappa shape index (κ2) is 4.38. The van der Waals surface area contributed by atoms with Gasteiger partial charge in [0.1, 0.15) is 0 Å². The standard InChI is InChI=1S/C13H14N4O2/c1-14-11-12(17-6-8(7-17)13(18)19)16-10-5-3-2-4-9(10)15-11/h2-5,8H,6-7H2,1H3,(H,14,15)(H,18,19). The van der Waals surface area contributed by atoms with Gasteiger partial charge in [-0.2, -0.15) is 0 Å². The third-order valence-electron chi connectivity index (χ3n) is 3.32. The van der Waals surface area contributed by atoms with Gasteiger partial charge in [-0.05, 0) is 12.1 Å². The molecular weight excluding hydrogens is 244 g/mol. The maximum absolute atomic E-state index is 10.8. The van der Waals surface area contributed by atoms with E-state index in [1.807, 2.05) is 29.2 Å². The van der Waals surface area contributed by atoms with Crippen molar-refractivity contribution in [2.24, 2.45) is 5.92 Å². The number of fused-ring (bicyclic) bond motifs is 1. The van der Waals surface area contributed by atoms with Crippen LogP contribution in [0.4, 0.5) is 11.6 Å². The lowest BCUT2D eigenvalue weighted by Gasteiger charge is -2.38. The minimum absolute atomic E-state index is 0.307. The molecule has 1 aliphatic rings. The monoisotopic (exact) mass is 258 g/mol. The van der Waals surface area contributed by atoms with E-state index >= 15 is 0 Å². The smallest absolute Gasteiger partial charge is 0.310 e. The number of rotatable bonds is 3. The number of nitrogens with zero attached hydrogens (tertiary/aromatic N) is 3. The molecule has 6 heteroatoms. The lowest BCUT2D eigenvalue weighted by Crippen LogP contribution is -2.51. The number of carboxylic acid groups (broad SMARTS) is 1. The van der Waals surface area contributed by atoms with Crippen molar-refractivity contribution in [3.63, 3.8) is 0 Å². The summed E-state index contributed by atoms with van der Waals surface area (Å²) in [5, 5.41) is 11.9. The van der Waals surface area contributed by atoms with Crippen molar-refractivity contribution in [3.05, 3.63) is 24.3 Å². The fraction of sp³-hybridized carbons (Fsp3) is 0.308. The SMILES string of the molecule is CNc1nc2ccccc2nc1N1CC(C(=O)O)C1. The first-order chi connectivity index (χ1) is 9.19. The Morgan fingerprint density at radius 1 is 1.32 bits per heavy atom. The second-order valence-electron chi connectivity index (χ2n) is 4.57. The van der Waals surface area contributed by atoms with E-state index in [-0.39, 0.29) is 5.92 Å². The van der Waals surface area contributed by atoms with Gasteiger partial charge in [0.2, 0.25) is 0 Å². The van der Waals surface area contributed by atoms with Crippen LogP contribution in [-0.4, -0.2) is 41.2 Å². The summed E-state index contributed by atoms with van der Waals surface area (Å²) >= 11 is 0. The lowest BCUT2D eigenvalue weighted by atomic mass is 10.0. The largest absolute Gasteiger partial charge is 0.481 e. The first-order valence-corrected chi connectivity index (χ1v) is 6.11. The molecule has 2 aromatic rings. The highest BCUT2D eigenvalue weighted by Gasteiger charge is 2.34. The van der Waals surface area contributed by atoms with Crippen LogP contribution < -0.4 is 10.2 Å². The van der Waals surface area contributed by atoms with E-state index in [9.17, 15) is 4.79 Å². The van der Waals surface area contributed by atoms with Crippen LogP contribution in [0.3, 0.4) is 0 Å². The zero-order valence-electron chi connectivity index (χ0n) is 10.5. The predicted molar refractivity (Wildman–Crippen MR) is 72.4 cm³/mol. The molecule has 1 fully saturated rings. The number of aliphatic carboxylic acids is 1. The Morgan fingerprint density at radius 3 is 2.53 bits per heavy atom. The quantitative estimate of drug-likeness (QED) is 0.861. The summed E-state index contributed by atoms with van der Waals surface area (Å²) in [7, 11) is 1.79. The van der Waals surface area contributed by atoms with Crippen LogP contribution >= 0.6 is 0 Å². The maximum Gasteiger partial charge on any atom is 0.310 e. The molecule has 6 nitrogen and oxygen atoms in total. The van der Waals surface area contributed by atoms with Crippen LogP contribution in [0.15, 0.2) is 24.3 Å². The molecule has 0 radical (unpaired) electrons. The Labute approximate surface area is 110 Å². The van der Waals surface area contributed by atoms with Crippen molar-refractivity contribution < 1.29 is 9.90 Å². The van der Waals surface area contributed by atoms with Gasteiger partial charge in [-0.3, -0.25) is 4.79 Å². The Bertz CT molecular complexity index is 638. The van der Waals surface area contributed by atoms with Crippen molar-refractivity contribution in [2.45, 2.75) is 0 Å². The summed E-state index contributed by atoms with van der Waals surface area (Å²) < 4.78 is 0. The van der Waals surface area contributed by atoms with E-state index in [0.717, 1.165) is 16.9 Å². The number of para-hydroxylation sites is 2. The van der Waals surface area contributed by atoms with E-state index < -0.39 is 5.97 Å². The molecule has 2 N–H and O–H groups in total. The van der Waals surface area contributed by atoms with Crippen LogP contribution in [0.25, 0.3) is 11.0 Å². The minimum atomic E-state index is -0.754. The normalized spacial score (nSPS) is 15.3. The van der Waals surface area contributed by atoms with E-state index in [1.54, 1.807) is 7.05 Å². The van der Waals surface area contributed by atoms with Crippen molar-refractivity contribution >= 4 is 28.6 Å². The van der Waals surface area contributed by atoms with Crippen LogP contribution in [-0.2, 0) is 4.79 Å². The Kier molecular flexibility index (Phi) is 2.70. The highest BCUT2D eigenvalue weighted by Crippen LogP contribution is 2.30. The van der Waals surface area contributed by atoms with Crippen LogP contribution in [0.2, 0.25) is 0 Å². The van der Waals surface area contributed by atoms with Crippen LogP contribution in [0.1, 0.15) is 0 Å². The number of hydrogen-bond acceptors (Lipinski definition) is 5. The molecule has 1 aromatic heterocycles. The molecular formula is C13H14N4O2. The van der Waals surface area contributed by atoms with Gasteiger partial charge in [-0.15, -0.1) is 0 Å². The number of benzene rings is 1. The Hall–Kier alpha value is -2.37. The van der Waals surface area contributed by atoms with E-state index in [0.29, 0.717) is 18.9 Å². The molecule has 98 valence electrons. The number of nitrogens with one attached hydrogen (secondary N) is 1. The molecule has 0 saturated carbocycles. The lowest BCUT2D eigenvalue weighted by molar-refractivity contribution is -0.142. The summed E-state index contributed by atoms with van der Waals surface area (Å²) in [4.78, 5) is 21.9. The number of aromatic nitrogens is 2. The zero-order valence-corrected chi connectivity index (χ0v) is 10.5. The van der Waals surface area contributed by atoms with Crippen molar-refractivity contribution in [3.8, 4) is 0 Å². The van der Waals surface area contributed by atoms with Crippen molar-refractivity contribution in [2.75, 3.05) is 30.4 Å². The predicted octanol–water partition coefficient (Wildman–Crippen LogP) is 1.19. The number of hydrogen-bond donors (Lipinski definition) is 2. The highest BCUT2D eigenvalue weighted by atomic mass is 16.4. The van der Waals surface area contributed by atoms with Gasteiger partial charge in [0.15, 0.2) is 11.6 Å². The summed E-state index contributed by atoms with van der Waals surface area (Å²) in [6, 6.07) is 7.64. The average molecular weight is 258 g/mol. The number of anilines is 2. The molecule has 0 aliphatic carbocycles. The van der Waals surface area contributed by atoms with Crippen molar-refractivity contribution in [1.82, 2.24) is 9.97 Å². The molecule has 0 unspecified atom stereocenters. The van der Waals surface area contributed by atoms with Gasteiger partial charge < -0.3 is 15.3 Å². The number of carboxylic acids is 1. The average Bonchev–Trinajstić information content (AvgIpc) is 2.35. The summed E-state index contributed by atoms with van der Waals surface area (Å²) in [5.41, 5.74) is 1.64. The van der Waals surface area contributed by atoms with Gasteiger partial charge in [-0.1, -0.05) is 12.1 Å². The Balaban J connectivity index is 1.96. The first kappa shape index (κ1) is 11.7. The van der Waals surface area contributed by atoms with Crippen molar-refractivity contribution in [1.29, 1.82) is 0 Å². The van der Waals surface area contributed by atoms with Gasteiger partial charge in [0, 0.05) is 20.1 Å². The number of carbonyl (C=O) groups is 1. The van der Waals surface area contributed by atoms with Crippen LogP contribution in [0.5, 0.6) is 0 Å². The molecule has 19 heavy (non-hydrogen) atoms. The summed E-state index contributed by atoms with van der Waals surface area (Å²) in [5.74, 6) is 0.343. The summed E-state index contributed by atoms with van der Waals surface area (Å²) in [6.45, 7) is 0.966. The van der Waals surface area contributed by atoms with Crippen LogP contribution in [0, 0.1) is 5.92 Å². The second-order valence-corrected chi connectivity index (χ2v) is 4.57. The van der Waals surface area contributed by atoms with E-state index in [4.69, 9.17) is 5.11 Å².